The fourth-order valence-corrected chi connectivity index (χ4v) is 1.95. The number of esters is 1. The second kappa shape index (κ2) is 3.59. The van der Waals surface area contributed by atoms with Crippen molar-refractivity contribution in [2.75, 3.05) is 0 Å². The summed E-state index contributed by atoms with van der Waals surface area (Å²) in [4.78, 5) is 24.9. The molecular weight excluding hydrogens is 218 g/mol. The largest absolute Gasteiger partial charge is 0.457 e. The van der Waals surface area contributed by atoms with E-state index in [1.807, 2.05) is 18.2 Å². The number of carbonyl (C=O) groups is 2. The summed E-state index contributed by atoms with van der Waals surface area (Å²) in [5.41, 5.74) is 3.84. The molecule has 0 saturated carbocycles. The predicted octanol–water partition coefficient (Wildman–Crippen LogP) is 2.16. The molecule has 0 spiro atoms. The van der Waals surface area contributed by atoms with E-state index >= 15 is 0 Å². The summed E-state index contributed by atoms with van der Waals surface area (Å²) in [7, 11) is 0. The molecule has 0 atom stereocenters. The lowest BCUT2D eigenvalue weighted by atomic mass is 10.0. The molecule has 2 aromatic rings. The van der Waals surface area contributed by atoms with Gasteiger partial charge in [0.1, 0.15) is 6.61 Å². The van der Waals surface area contributed by atoms with Gasteiger partial charge in [0.25, 0.3) is 0 Å². The molecule has 1 aromatic heterocycles. The number of H-pyrrole nitrogens is 1. The number of hydrogen-bond acceptors (Lipinski definition) is 3. The molecule has 2 heterocycles. The van der Waals surface area contributed by atoms with Gasteiger partial charge in [0.05, 0.1) is 11.3 Å². The smallest absolute Gasteiger partial charge is 0.338 e. The Kier molecular flexibility index (Phi) is 2.08. The second-order valence-corrected chi connectivity index (χ2v) is 3.89. The van der Waals surface area contributed by atoms with Gasteiger partial charge in [-0.3, -0.25) is 4.79 Å². The Hall–Kier alpha value is -2.36. The Bertz CT molecular complexity index is 613. The van der Waals surface area contributed by atoms with Gasteiger partial charge in [-0.05, 0) is 29.8 Å². The van der Waals surface area contributed by atoms with Gasteiger partial charge in [0, 0.05) is 11.3 Å². The Morgan fingerprint density at radius 2 is 2.12 bits per heavy atom. The number of cyclic esters (lactones) is 1. The minimum Gasteiger partial charge on any atom is -0.457 e. The van der Waals surface area contributed by atoms with E-state index in [2.05, 4.69) is 4.98 Å². The molecule has 17 heavy (non-hydrogen) atoms. The van der Waals surface area contributed by atoms with Crippen LogP contribution in [0.2, 0.25) is 0 Å². The van der Waals surface area contributed by atoms with E-state index in [9.17, 15) is 9.59 Å². The van der Waals surface area contributed by atoms with Gasteiger partial charge in [-0.25, -0.2) is 4.79 Å². The number of carbonyl (C=O) groups excluding carboxylic acids is 2. The molecule has 0 aliphatic carbocycles. The summed E-state index contributed by atoms with van der Waals surface area (Å²) < 4.78 is 4.94. The highest BCUT2D eigenvalue weighted by molar-refractivity contribution is 5.94. The first-order valence-electron chi connectivity index (χ1n) is 5.22. The highest BCUT2D eigenvalue weighted by Crippen LogP contribution is 2.26. The second-order valence-electron chi connectivity index (χ2n) is 3.89. The van der Waals surface area contributed by atoms with E-state index in [-0.39, 0.29) is 5.97 Å². The number of aromatic amines is 1. The average molecular weight is 227 g/mol. The van der Waals surface area contributed by atoms with Crippen LogP contribution in [0.25, 0.3) is 11.3 Å². The molecule has 1 aliphatic rings. The van der Waals surface area contributed by atoms with Crippen LogP contribution >= 0.6 is 0 Å². The van der Waals surface area contributed by atoms with Crippen LogP contribution in [0.5, 0.6) is 0 Å². The van der Waals surface area contributed by atoms with Gasteiger partial charge < -0.3 is 9.72 Å². The number of benzene rings is 1. The fourth-order valence-electron chi connectivity index (χ4n) is 1.95. The standard InChI is InChI=1S/C13H9NO3/c15-6-10-2-4-12(14-10)8-1-3-11-9(5-8)7-17-13(11)16/h1-6,14H,7H2. The fraction of sp³-hybridized carbons (Fsp3) is 0.0769. The quantitative estimate of drug-likeness (QED) is 0.631. The first-order chi connectivity index (χ1) is 8.28. The van der Waals surface area contributed by atoms with Crippen LogP contribution in [0.4, 0.5) is 0 Å². The number of aromatic nitrogens is 1. The lowest BCUT2D eigenvalue weighted by molar-refractivity contribution is 0.0535. The first kappa shape index (κ1) is 9.84. The van der Waals surface area contributed by atoms with E-state index in [0.29, 0.717) is 17.9 Å². The number of ether oxygens (including phenoxy) is 1. The molecule has 4 heteroatoms. The van der Waals surface area contributed by atoms with Crippen molar-refractivity contribution in [2.24, 2.45) is 0 Å². The monoisotopic (exact) mass is 227 g/mol. The summed E-state index contributed by atoms with van der Waals surface area (Å²) >= 11 is 0. The third-order valence-electron chi connectivity index (χ3n) is 2.83. The van der Waals surface area contributed by atoms with Crippen molar-refractivity contribution in [1.82, 2.24) is 4.98 Å². The van der Waals surface area contributed by atoms with Crippen LogP contribution in [0.15, 0.2) is 30.3 Å². The molecule has 3 rings (SSSR count). The molecular formula is C13H9NO3. The molecule has 0 amide bonds. The first-order valence-corrected chi connectivity index (χ1v) is 5.22. The van der Waals surface area contributed by atoms with E-state index < -0.39 is 0 Å². The zero-order valence-electron chi connectivity index (χ0n) is 8.90. The van der Waals surface area contributed by atoms with Gasteiger partial charge in [-0.15, -0.1) is 0 Å². The maximum absolute atomic E-state index is 11.3. The van der Waals surface area contributed by atoms with Crippen LogP contribution in [-0.2, 0) is 11.3 Å². The van der Waals surface area contributed by atoms with Crippen LogP contribution in [0.1, 0.15) is 26.4 Å². The lowest BCUT2D eigenvalue weighted by Crippen LogP contribution is -1.93. The van der Waals surface area contributed by atoms with Gasteiger partial charge in [-0.1, -0.05) is 6.07 Å². The molecule has 0 unspecified atom stereocenters. The summed E-state index contributed by atoms with van der Waals surface area (Å²) in [6.07, 6.45) is 0.767. The summed E-state index contributed by atoms with van der Waals surface area (Å²) in [5.74, 6) is -0.272. The minimum absolute atomic E-state index is 0.272. The number of hydrogen-bond donors (Lipinski definition) is 1. The molecule has 1 aliphatic heterocycles. The van der Waals surface area contributed by atoms with Crippen molar-refractivity contribution in [3.8, 4) is 11.3 Å². The average Bonchev–Trinajstić information content (AvgIpc) is 2.96. The lowest BCUT2D eigenvalue weighted by Gasteiger charge is -2.00. The molecule has 84 valence electrons. The van der Waals surface area contributed by atoms with E-state index in [0.717, 1.165) is 23.1 Å². The Balaban J connectivity index is 2.05. The zero-order chi connectivity index (χ0) is 11.8. The molecule has 0 radical (unpaired) electrons. The summed E-state index contributed by atoms with van der Waals surface area (Å²) in [6.45, 7) is 0.323. The molecule has 1 N–H and O–H groups in total. The maximum Gasteiger partial charge on any atom is 0.338 e. The summed E-state index contributed by atoms with van der Waals surface area (Å²) in [5, 5.41) is 0. The minimum atomic E-state index is -0.272. The highest BCUT2D eigenvalue weighted by atomic mass is 16.5. The molecule has 0 saturated heterocycles. The molecule has 1 aromatic carbocycles. The molecule has 0 fully saturated rings. The van der Waals surface area contributed by atoms with Crippen LogP contribution in [0.3, 0.4) is 0 Å². The van der Waals surface area contributed by atoms with Crippen LogP contribution < -0.4 is 0 Å². The van der Waals surface area contributed by atoms with E-state index in [1.54, 1.807) is 12.1 Å². The van der Waals surface area contributed by atoms with E-state index in [1.165, 1.54) is 0 Å². The van der Waals surface area contributed by atoms with E-state index in [4.69, 9.17) is 4.74 Å². The zero-order valence-corrected chi connectivity index (χ0v) is 8.90. The van der Waals surface area contributed by atoms with Crippen molar-refractivity contribution in [3.05, 3.63) is 47.2 Å². The SMILES string of the molecule is O=Cc1ccc(-c2ccc3c(c2)COC3=O)[nH]1. The van der Waals surface area contributed by atoms with Crippen molar-refractivity contribution in [3.63, 3.8) is 0 Å². The van der Waals surface area contributed by atoms with Crippen LogP contribution in [0, 0.1) is 0 Å². The summed E-state index contributed by atoms with van der Waals surface area (Å²) in [6, 6.07) is 9.05. The van der Waals surface area contributed by atoms with Crippen molar-refractivity contribution in [2.45, 2.75) is 6.61 Å². The van der Waals surface area contributed by atoms with Gasteiger partial charge in [0.2, 0.25) is 0 Å². The molecule has 4 nitrogen and oxygen atoms in total. The third-order valence-corrected chi connectivity index (χ3v) is 2.83. The number of aldehydes is 1. The van der Waals surface area contributed by atoms with Gasteiger partial charge in [-0.2, -0.15) is 0 Å². The van der Waals surface area contributed by atoms with Crippen molar-refractivity contribution >= 4 is 12.3 Å². The third kappa shape index (κ3) is 1.54. The topological polar surface area (TPSA) is 59.2 Å². The van der Waals surface area contributed by atoms with Crippen molar-refractivity contribution in [1.29, 1.82) is 0 Å². The van der Waals surface area contributed by atoms with Crippen LogP contribution in [-0.4, -0.2) is 17.2 Å². The predicted molar refractivity (Wildman–Crippen MR) is 60.7 cm³/mol. The van der Waals surface area contributed by atoms with Gasteiger partial charge >= 0.3 is 5.97 Å². The maximum atomic E-state index is 11.3. The number of nitrogens with one attached hydrogen (secondary N) is 1. The van der Waals surface area contributed by atoms with Gasteiger partial charge in [0.15, 0.2) is 6.29 Å². The Morgan fingerprint density at radius 3 is 2.88 bits per heavy atom. The number of rotatable bonds is 2. The Morgan fingerprint density at radius 1 is 1.24 bits per heavy atom. The number of fused-ring (bicyclic) bond motifs is 1. The normalized spacial score (nSPS) is 13.3. The van der Waals surface area contributed by atoms with Crippen molar-refractivity contribution < 1.29 is 14.3 Å². The highest BCUT2D eigenvalue weighted by Gasteiger charge is 2.21. The Labute approximate surface area is 97.2 Å². The molecule has 0 bridgehead atoms.